The zero-order valence-corrected chi connectivity index (χ0v) is 14.7. The number of methoxy groups -OCH3 is 1. The van der Waals surface area contributed by atoms with Gasteiger partial charge in [0.05, 0.1) is 13.2 Å². The molecule has 2 N–H and O–H groups in total. The molecule has 0 radical (unpaired) electrons. The first-order chi connectivity index (χ1) is 11.7. The minimum Gasteiger partial charge on any atom is -0.453 e. The van der Waals surface area contributed by atoms with Crippen LogP contribution in [0.2, 0.25) is 0 Å². The molecule has 2 aromatic rings. The van der Waals surface area contributed by atoms with E-state index in [0.717, 1.165) is 17.5 Å². The maximum atomic E-state index is 12.2. The van der Waals surface area contributed by atoms with Crippen LogP contribution in [-0.2, 0) is 17.7 Å². The van der Waals surface area contributed by atoms with Gasteiger partial charge < -0.3 is 10.5 Å². The summed E-state index contributed by atoms with van der Waals surface area (Å²) in [4.78, 5) is 14.0. The normalized spacial score (nSPS) is 15.8. The van der Waals surface area contributed by atoms with E-state index in [2.05, 4.69) is 12.1 Å². The largest absolute Gasteiger partial charge is 0.453 e. The number of fused-ring (bicyclic) bond motifs is 1. The monoisotopic (exact) mass is 326 g/mol. The lowest BCUT2D eigenvalue weighted by Crippen LogP contribution is -2.40. The van der Waals surface area contributed by atoms with Gasteiger partial charge in [-0.25, -0.2) is 4.79 Å². The molecule has 0 saturated carbocycles. The molecule has 0 spiro atoms. The van der Waals surface area contributed by atoms with E-state index >= 15 is 0 Å². The number of hydrogen-bond donors (Lipinski definition) is 1. The molecule has 1 heterocycles. The molecule has 1 unspecified atom stereocenters. The van der Waals surface area contributed by atoms with Gasteiger partial charge in [0.1, 0.15) is 0 Å². The average molecular weight is 326 g/mol. The van der Waals surface area contributed by atoms with Gasteiger partial charge in [0, 0.05) is 13.1 Å². The maximum Gasteiger partial charge on any atom is 0.410 e. The van der Waals surface area contributed by atoms with E-state index in [1.54, 1.807) is 4.90 Å². The number of ether oxygens (including phenoxy) is 1. The van der Waals surface area contributed by atoms with Crippen molar-refractivity contribution >= 4 is 6.09 Å². The molecule has 1 aliphatic heterocycles. The highest BCUT2D eigenvalue weighted by atomic mass is 16.5. The second-order valence-electron chi connectivity index (χ2n) is 5.46. The predicted octanol–water partition coefficient (Wildman–Crippen LogP) is 3.89. The Morgan fingerprint density at radius 2 is 1.83 bits per heavy atom. The number of nitrogens with zero attached hydrogens (tertiary/aromatic N) is 1. The minimum atomic E-state index is -0.289. The highest BCUT2D eigenvalue weighted by Crippen LogP contribution is 2.35. The lowest BCUT2D eigenvalue weighted by atomic mass is 9.88. The van der Waals surface area contributed by atoms with Gasteiger partial charge in [0.15, 0.2) is 0 Å². The number of nitrogens with two attached hydrogens (primary N) is 1. The Hall–Kier alpha value is -2.33. The molecule has 1 amide bonds. The Balaban J connectivity index is 0.00000100. The van der Waals surface area contributed by atoms with Crippen LogP contribution in [0.3, 0.4) is 0 Å². The minimum absolute atomic E-state index is 0.107. The van der Waals surface area contributed by atoms with Crippen molar-refractivity contribution in [1.29, 1.82) is 0 Å². The van der Waals surface area contributed by atoms with Crippen molar-refractivity contribution in [2.45, 2.75) is 32.9 Å². The van der Waals surface area contributed by atoms with Gasteiger partial charge in [-0.1, -0.05) is 62.4 Å². The summed E-state index contributed by atoms with van der Waals surface area (Å²) in [5, 5.41) is 0. The molecule has 4 nitrogen and oxygen atoms in total. The summed E-state index contributed by atoms with van der Waals surface area (Å²) in [6, 6.07) is 16.3. The van der Waals surface area contributed by atoms with Gasteiger partial charge in [-0.2, -0.15) is 0 Å². The molecule has 1 aliphatic rings. The predicted molar refractivity (Wildman–Crippen MR) is 96.8 cm³/mol. The van der Waals surface area contributed by atoms with Crippen molar-refractivity contribution in [2.75, 3.05) is 13.7 Å². The summed E-state index contributed by atoms with van der Waals surface area (Å²) in [6.45, 7) is 5.18. The van der Waals surface area contributed by atoms with Crippen LogP contribution in [0.5, 0.6) is 0 Å². The highest BCUT2D eigenvalue weighted by molar-refractivity contribution is 5.70. The zero-order chi connectivity index (χ0) is 17.5. The third-order valence-corrected chi connectivity index (χ3v) is 4.22. The molecule has 0 aliphatic carbocycles. The van der Waals surface area contributed by atoms with E-state index in [-0.39, 0.29) is 12.1 Å². The average Bonchev–Trinajstić information content (AvgIpc) is 2.68. The fraction of sp³-hybridized carbons (Fsp3) is 0.350. The fourth-order valence-corrected chi connectivity index (χ4v) is 3.08. The van der Waals surface area contributed by atoms with Crippen molar-refractivity contribution in [3.63, 3.8) is 0 Å². The van der Waals surface area contributed by atoms with Crippen molar-refractivity contribution in [1.82, 2.24) is 4.90 Å². The molecular weight excluding hydrogens is 300 g/mol. The Labute approximate surface area is 144 Å². The van der Waals surface area contributed by atoms with Crippen LogP contribution in [0.1, 0.15) is 42.1 Å². The topological polar surface area (TPSA) is 55.6 Å². The van der Waals surface area contributed by atoms with Crippen LogP contribution in [0.25, 0.3) is 0 Å². The SMILES string of the molecule is CC.COC(=O)N1CCc2ccccc2C1c1ccc(CN)cc1. The van der Waals surface area contributed by atoms with Crippen LogP contribution in [0.4, 0.5) is 4.79 Å². The Bertz CT molecular complexity index is 668. The number of carbonyl (C=O) groups is 1. The standard InChI is InChI=1S/C18H20N2O2.C2H6/c1-22-18(21)20-11-10-14-4-2-3-5-16(14)17(20)15-8-6-13(12-19)7-9-15;1-2/h2-9,17H,10-12,19H2,1H3;1-2H3. The molecule has 0 aromatic heterocycles. The molecule has 0 saturated heterocycles. The zero-order valence-electron chi connectivity index (χ0n) is 14.7. The van der Waals surface area contributed by atoms with Crippen LogP contribution < -0.4 is 5.73 Å². The Morgan fingerprint density at radius 1 is 1.17 bits per heavy atom. The van der Waals surface area contributed by atoms with E-state index in [9.17, 15) is 4.79 Å². The van der Waals surface area contributed by atoms with Crippen molar-refractivity contribution in [2.24, 2.45) is 5.73 Å². The molecule has 128 valence electrons. The molecule has 0 bridgehead atoms. The molecule has 24 heavy (non-hydrogen) atoms. The van der Waals surface area contributed by atoms with Gasteiger partial charge in [-0.05, 0) is 28.7 Å². The third-order valence-electron chi connectivity index (χ3n) is 4.22. The van der Waals surface area contributed by atoms with Gasteiger partial charge in [-0.15, -0.1) is 0 Å². The smallest absolute Gasteiger partial charge is 0.410 e. The number of carbonyl (C=O) groups excluding carboxylic acids is 1. The van der Waals surface area contributed by atoms with Gasteiger partial charge in [0.25, 0.3) is 0 Å². The Morgan fingerprint density at radius 3 is 2.46 bits per heavy atom. The lowest BCUT2D eigenvalue weighted by molar-refractivity contribution is 0.109. The summed E-state index contributed by atoms with van der Waals surface area (Å²) in [7, 11) is 1.43. The molecule has 1 atom stereocenters. The van der Waals surface area contributed by atoms with E-state index in [4.69, 9.17) is 10.5 Å². The highest BCUT2D eigenvalue weighted by Gasteiger charge is 2.32. The van der Waals surface area contributed by atoms with Crippen LogP contribution in [-0.4, -0.2) is 24.6 Å². The maximum absolute atomic E-state index is 12.2. The van der Waals surface area contributed by atoms with Gasteiger partial charge in [-0.3, -0.25) is 4.90 Å². The molecule has 2 aromatic carbocycles. The summed E-state index contributed by atoms with van der Waals surface area (Å²) in [5.74, 6) is 0. The third kappa shape index (κ3) is 3.60. The first kappa shape index (κ1) is 18.0. The van der Waals surface area contributed by atoms with Gasteiger partial charge in [0.2, 0.25) is 0 Å². The summed E-state index contributed by atoms with van der Waals surface area (Å²) in [5.41, 5.74) is 10.3. The number of rotatable bonds is 2. The Kier molecular flexibility index (Phi) is 6.38. The van der Waals surface area contributed by atoms with E-state index < -0.39 is 0 Å². The number of benzene rings is 2. The quantitative estimate of drug-likeness (QED) is 0.911. The van der Waals surface area contributed by atoms with Crippen LogP contribution >= 0.6 is 0 Å². The fourth-order valence-electron chi connectivity index (χ4n) is 3.08. The van der Waals surface area contributed by atoms with Crippen LogP contribution in [0, 0.1) is 0 Å². The molecule has 4 heteroatoms. The summed E-state index contributed by atoms with van der Waals surface area (Å²) >= 11 is 0. The van der Waals surface area contributed by atoms with Crippen molar-refractivity contribution < 1.29 is 9.53 Å². The second kappa shape index (κ2) is 8.50. The van der Waals surface area contributed by atoms with Gasteiger partial charge >= 0.3 is 6.09 Å². The van der Waals surface area contributed by atoms with Crippen molar-refractivity contribution in [3.05, 3.63) is 70.8 Å². The van der Waals surface area contributed by atoms with E-state index in [1.165, 1.54) is 18.2 Å². The first-order valence-electron chi connectivity index (χ1n) is 8.46. The van der Waals surface area contributed by atoms with Crippen LogP contribution in [0.15, 0.2) is 48.5 Å². The first-order valence-corrected chi connectivity index (χ1v) is 8.46. The number of amides is 1. The second-order valence-corrected chi connectivity index (χ2v) is 5.46. The molecule has 3 rings (SSSR count). The van der Waals surface area contributed by atoms with E-state index in [1.807, 2.05) is 50.2 Å². The summed E-state index contributed by atoms with van der Waals surface area (Å²) in [6.07, 6.45) is 0.560. The lowest BCUT2D eigenvalue weighted by Gasteiger charge is -2.36. The molecular formula is C20H26N2O2. The van der Waals surface area contributed by atoms with Crippen molar-refractivity contribution in [3.8, 4) is 0 Å². The van der Waals surface area contributed by atoms with E-state index in [0.29, 0.717) is 13.1 Å². The summed E-state index contributed by atoms with van der Waals surface area (Å²) < 4.78 is 4.97. The number of hydrogen-bond acceptors (Lipinski definition) is 3. The molecule has 0 fully saturated rings.